The van der Waals surface area contributed by atoms with Gasteiger partial charge in [0.25, 0.3) is 0 Å². The van der Waals surface area contributed by atoms with Gasteiger partial charge >= 0.3 is 23.1 Å². The molecule has 0 bridgehead atoms. The molecule has 0 saturated carbocycles. The first-order valence-corrected chi connectivity index (χ1v) is 0. The van der Waals surface area contributed by atoms with Gasteiger partial charge in [-0.15, -0.1) is 0 Å². The van der Waals surface area contributed by atoms with Crippen molar-refractivity contribution in [2.75, 3.05) is 0 Å². The Hall–Kier alpha value is 1.78. The molecule has 0 aromatic carbocycles. The normalized spacial score (nSPS) is 0. The van der Waals surface area contributed by atoms with Gasteiger partial charge < -0.3 is 6.15 Å². The van der Waals surface area contributed by atoms with Crippen LogP contribution in [0.3, 0.4) is 0 Å². The van der Waals surface area contributed by atoms with Gasteiger partial charge in [-0.2, -0.15) is 0 Å². The molecule has 0 unspecified atom stereocenters. The summed E-state index contributed by atoms with van der Waals surface area (Å²) in [5.41, 5.74) is 0. The van der Waals surface area contributed by atoms with E-state index in [2.05, 4.69) is 0 Å². The molecule has 0 amide bonds. The van der Waals surface area contributed by atoms with Crippen LogP contribution in [-0.2, 0) is 34.4 Å². The van der Waals surface area contributed by atoms with Crippen LogP contribution in [0.25, 0.3) is 0 Å². The average Bonchev–Trinajstić information content (AvgIpc) is 0. The predicted octanol–water partition coefficient (Wildman–Crippen LogP) is -0.759. The van der Waals surface area contributed by atoms with Crippen molar-refractivity contribution in [3.63, 3.8) is 0 Å². The minimum Gasteiger partial charge on any atom is -0.344 e. The second-order valence-electron chi connectivity index (χ2n) is 0. The molecule has 3 N–H and O–H groups in total. The molecule has 0 saturated heterocycles. The van der Waals surface area contributed by atoms with Gasteiger partial charge in [-0.3, -0.25) is 0 Å². The van der Waals surface area contributed by atoms with Crippen LogP contribution in [0.2, 0.25) is 0 Å². The summed E-state index contributed by atoms with van der Waals surface area (Å²) in [4.78, 5) is 0. The van der Waals surface area contributed by atoms with Crippen molar-refractivity contribution >= 4 is 23.1 Å². The van der Waals surface area contributed by atoms with Crippen molar-refractivity contribution < 1.29 is 34.4 Å². The summed E-state index contributed by atoms with van der Waals surface area (Å²) >= 11 is 0. The first kappa shape index (κ1) is 41.7. The molecular weight excluding hydrogens is 145 g/mol. The third kappa shape index (κ3) is 9.22. The molecule has 0 rings (SSSR count). The second kappa shape index (κ2) is 21.6. The third-order valence-electron chi connectivity index (χ3n) is 0. The largest absolute Gasteiger partial charge is 0.344 e. The zero-order valence-electron chi connectivity index (χ0n) is 1.49. The van der Waals surface area contributed by atoms with Crippen LogP contribution in [-0.4, -0.2) is 23.1 Å². The standard InChI is InChI=1S/Cr.Mg.Mn.H3N.2H/h;;;1H3;;. The van der Waals surface area contributed by atoms with Crippen LogP contribution >= 0.6 is 0 Å². The fourth-order valence-corrected chi connectivity index (χ4v) is 0. The third-order valence-corrected chi connectivity index (χ3v) is 0. The summed E-state index contributed by atoms with van der Waals surface area (Å²) in [5.74, 6) is 0. The van der Waals surface area contributed by atoms with Crippen LogP contribution in [0, 0.1) is 0 Å². The Morgan fingerprint density at radius 2 is 1.00 bits per heavy atom. The van der Waals surface area contributed by atoms with Crippen LogP contribution in [0.1, 0.15) is 0 Å². The molecule has 0 atom stereocenters. The molecule has 0 aromatic heterocycles. The van der Waals surface area contributed by atoms with E-state index in [4.69, 9.17) is 0 Å². The van der Waals surface area contributed by atoms with Gasteiger partial charge in [-0.25, -0.2) is 0 Å². The first-order valence-electron chi connectivity index (χ1n) is 0. The van der Waals surface area contributed by atoms with Crippen LogP contribution in [0.4, 0.5) is 0 Å². The molecular formula is H5CrMgMnN. The molecule has 1 radical (unpaired) electrons. The van der Waals surface area contributed by atoms with E-state index in [1.807, 2.05) is 0 Å². The van der Waals surface area contributed by atoms with Crippen molar-refractivity contribution in [3.05, 3.63) is 0 Å². The van der Waals surface area contributed by atoms with Crippen LogP contribution in [0.5, 0.6) is 0 Å². The van der Waals surface area contributed by atoms with Crippen molar-refractivity contribution in [3.8, 4) is 0 Å². The Kier molecular flexibility index (Phi) is 225. The fourth-order valence-electron chi connectivity index (χ4n) is 0. The molecule has 0 spiro atoms. The van der Waals surface area contributed by atoms with Gasteiger partial charge in [0.15, 0.2) is 0 Å². The van der Waals surface area contributed by atoms with Gasteiger partial charge in [0.2, 0.25) is 0 Å². The van der Waals surface area contributed by atoms with Gasteiger partial charge in [-0.1, -0.05) is 0 Å². The summed E-state index contributed by atoms with van der Waals surface area (Å²) in [6, 6.07) is 0. The zero-order valence-corrected chi connectivity index (χ0v) is 3.95. The van der Waals surface area contributed by atoms with Gasteiger partial charge in [0, 0.05) is 34.4 Å². The van der Waals surface area contributed by atoms with Gasteiger partial charge in [0.05, 0.1) is 0 Å². The van der Waals surface area contributed by atoms with Crippen molar-refractivity contribution in [1.29, 1.82) is 0 Å². The maximum atomic E-state index is 0. The minimum absolute atomic E-state index is 0. The Morgan fingerprint density at radius 1 is 1.00 bits per heavy atom. The number of rotatable bonds is 0. The maximum Gasteiger partial charge on any atom is 0.316 e. The quantitative estimate of drug-likeness (QED) is 0.453. The molecule has 25 valence electrons. The molecule has 0 aliphatic rings. The van der Waals surface area contributed by atoms with E-state index in [0.717, 1.165) is 0 Å². The van der Waals surface area contributed by atoms with Crippen LogP contribution in [0.15, 0.2) is 0 Å². The first-order chi connectivity index (χ1) is 0. The van der Waals surface area contributed by atoms with Crippen LogP contribution < -0.4 is 6.15 Å². The smallest absolute Gasteiger partial charge is 0.316 e. The number of hydrogen-bond acceptors (Lipinski definition) is 1. The molecule has 4 heteroatoms. The minimum atomic E-state index is 0. The molecule has 0 aromatic rings. The Bertz CT molecular complexity index is 8.00. The molecule has 0 heterocycles. The summed E-state index contributed by atoms with van der Waals surface area (Å²) in [6.07, 6.45) is 0. The molecule has 0 aliphatic heterocycles. The average molecular weight is 150 g/mol. The summed E-state index contributed by atoms with van der Waals surface area (Å²) in [7, 11) is 0. The van der Waals surface area contributed by atoms with E-state index in [1.165, 1.54) is 0 Å². The topological polar surface area (TPSA) is 35.0 Å². The van der Waals surface area contributed by atoms with E-state index < -0.39 is 0 Å². The fraction of sp³-hybridized carbons (Fsp3) is 0. The molecule has 1 nitrogen and oxygen atoms in total. The Morgan fingerprint density at radius 3 is 1.00 bits per heavy atom. The van der Waals surface area contributed by atoms with E-state index in [0.29, 0.717) is 0 Å². The summed E-state index contributed by atoms with van der Waals surface area (Å²) < 4.78 is 0. The second-order valence-corrected chi connectivity index (χ2v) is 0. The SMILES string of the molecule is N.[Cr].[MgH2].[Mn]. The van der Waals surface area contributed by atoms with E-state index in [9.17, 15) is 0 Å². The maximum absolute atomic E-state index is 0. The van der Waals surface area contributed by atoms with E-state index >= 15 is 0 Å². The molecule has 4 heavy (non-hydrogen) atoms. The van der Waals surface area contributed by atoms with Crippen molar-refractivity contribution in [2.24, 2.45) is 0 Å². The van der Waals surface area contributed by atoms with Crippen molar-refractivity contribution in [2.45, 2.75) is 0 Å². The number of hydrogen-bond donors (Lipinski definition) is 1. The Labute approximate surface area is 63.2 Å². The molecule has 0 aliphatic carbocycles. The van der Waals surface area contributed by atoms with E-state index in [-0.39, 0.29) is 63.6 Å². The van der Waals surface area contributed by atoms with Gasteiger partial charge in [-0.05, 0) is 0 Å². The monoisotopic (exact) mass is 150 g/mol. The summed E-state index contributed by atoms with van der Waals surface area (Å²) in [6.45, 7) is 0. The van der Waals surface area contributed by atoms with Crippen molar-refractivity contribution in [1.82, 2.24) is 6.15 Å². The molecule has 0 fully saturated rings. The van der Waals surface area contributed by atoms with Gasteiger partial charge in [0.1, 0.15) is 0 Å². The predicted molar refractivity (Wildman–Crippen MR) is 13.6 cm³/mol. The Balaban J connectivity index is 0. The zero-order chi connectivity index (χ0) is 0. The van der Waals surface area contributed by atoms with E-state index in [1.54, 1.807) is 0 Å². The summed E-state index contributed by atoms with van der Waals surface area (Å²) in [5, 5.41) is 0.